The molecular formula is C14H23N3O. The fourth-order valence-electron chi connectivity index (χ4n) is 2.88. The summed E-state index contributed by atoms with van der Waals surface area (Å²) in [5.74, 6) is 1.78. The van der Waals surface area contributed by atoms with E-state index in [4.69, 9.17) is 4.52 Å². The van der Waals surface area contributed by atoms with Gasteiger partial charge in [-0.15, -0.1) is 0 Å². The van der Waals surface area contributed by atoms with Gasteiger partial charge in [0.15, 0.2) is 0 Å². The zero-order chi connectivity index (χ0) is 12.4. The third kappa shape index (κ3) is 3.12. The van der Waals surface area contributed by atoms with Crippen LogP contribution in [-0.2, 0) is 6.54 Å². The van der Waals surface area contributed by atoms with E-state index in [9.17, 15) is 0 Å². The average Bonchev–Trinajstić information content (AvgIpc) is 3.15. The maximum atomic E-state index is 5.17. The zero-order valence-corrected chi connectivity index (χ0v) is 11.2. The minimum absolute atomic E-state index is 0.803. The molecule has 4 heteroatoms. The lowest BCUT2D eigenvalue weighted by atomic mass is 9.97. The summed E-state index contributed by atoms with van der Waals surface area (Å²) in [6, 6.07) is 2.87. The van der Waals surface area contributed by atoms with Crippen LogP contribution < -0.4 is 5.32 Å². The van der Waals surface area contributed by atoms with E-state index in [1.807, 2.05) is 6.92 Å². The van der Waals surface area contributed by atoms with Crippen LogP contribution in [0, 0.1) is 12.8 Å². The molecule has 1 aromatic heterocycles. The van der Waals surface area contributed by atoms with Crippen LogP contribution in [0.25, 0.3) is 0 Å². The molecule has 1 saturated heterocycles. The van der Waals surface area contributed by atoms with Crippen molar-refractivity contribution < 1.29 is 4.52 Å². The van der Waals surface area contributed by atoms with Crippen molar-refractivity contribution in [1.29, 1.82) is 0 Å². The van der Waals surface area contributed by atoms with Gasteiger partial charge < -0.3 is 9.84 Å². The lowest BCUT2D eigenvalue weighted by Gasteiger charge is -2.29. The van der Waals surface area contributed by atoms with Gasteiger partial charge in [-0.25, -0.2) is 0 Å². The van der Waals surface area contributed by atoms with Crippen LogP contribution in [0.2, 0.25) is 0 Å². The fraction of sp³-hybridized carbons (Fsp3) is 0.786. The Hall–Kier alpha value is -0.870. The Labute approximate surface area is 109 Å². The molecule has 0 spiro atoms. The van der Waals surface area contributed by atoms with Crippen molar-refractivity contribution in [3.05, 3.63) is 17.5 Å². The van der Waals surface area contributed by atoms with Gasteiger partial charge in [0, 0.05) is 25.2 Å². The summed E-state index contributed by atoms with van der Waals surface area (Å²) >= 11 is 0. The lowest BCUT2D eigenvalue weighted by molar-refractivity contribution is 0.186. The molecule has 3 rings (SSSR count). The van der Waals surface area contributed by atoms with E-state index in [-0.39, 0.29) is 0 Å². The minimum atomic E-state index is 0.803. The van der Waals surface area contributed by atoms with E-state index in [0.29, 0.717) is 0 Å². The standard InChI is InChI=1S/C14H23N3O/c1-11-8-13(16-18-11)10-17(14-2-3-14)9-12-4-6-15-7-5-12/h8,12,14-15H,2-7,9-10H2,1H3. The highest BCUT2D eigenvalue weighted by Crippen LogP contribution is 2.30. The smallest absolute Gasteiger partial charge is 0.133 e. The number of aryl methyl sites for hydroxylation is 1. The van der Waals surface area contributed by atoms with Crippen LogP contribution in [0.4, 0.5) is 0 Å². The van der Waals surface area contributed by atoms with Crippen molar-refractivity contribution >= 4 is 0 Å². The van der Waals surface area contributed by atoms with Gasteiger partial charge in [-0.2, -0.15) is 0 Å². The van der Waals surface area contributed by atoms with E-state index < -0.39 is 0 Å². The van der Waals surface area contributed by atoms with Crippen LogP contribution in [0.5, 0.6) is 0 Å². The molecule has 100 valence electrons. The molecule has 1 aliphatic carbocycles. The van der Waals surface area contributed by atoms with E-state index in [1.165, 1.54) is 45.3 Å². The van der Waals surface area contributed by atoms with Crippen molar-refractivity contribution in [2.75, 3.05) is 19.6 Å². The molecule has 0 radical (unpaired) electrons. The SMILES string of the molecule is Cc1cc(CN(CC2CCNCC2)C2CC2)no1. The Morgan fingerprint density at radius 3 is 2.72 bits per heavy atom. The Bertz CT molecular complexity index is 380. The monoisotopic (exact) mass is 249 g/mol. The van der Waals surface area contributed by atoms with Gasteiger partial charge >= 0.3 is 0 Å². The maximum absolute atomic E-state index is 5.17. The maximum Gasteiger partial charge on any atom is 0.133 e. The third-order valence-electron chi connectivity index (χ3n) is 4.06. The first-order valence-electron chi connectivity index (χ1n) is 7.18. The molecular weight excluding hydrogens is 226 g/mol. The van der Waals surface area contributed by atoms with E-state index in [0.717, 1.165) is 30.0 Å². The summed E-state index contributed by atoms with van der Waals surface area (Å²) < 4.78 is 5.17. The third-order valence-corrected chi connectivity index (χ3v) is 4.06. The molecule has 0 amide bonds. The van der Waals surface area contributed by atoms with E-state index >= 15 is 0 Å². The highest BCUT2D eigenvalue weighted by atomic mass is 16.5. The van der Waals surface area contributed by atoms with Gasteiger partial charge in [0.25, 0.3) is 0 Å². The van der Waals surface area contributed by atoms with Gasteiger partial charge in [-0.05, 0) is 51.6 Å². The van der Waals surface area contributed by atoms with Crippen LogP contribution in [0.3, 0.4) is 0 Å². The van der Waals surface area contributed by atoms with Gasteiger partial charge in [-0.3, -0.25) is 4.90 Å². The summed E-state index contributed by atoms with van der Waals surface area (Å²) in [6.07, 6.45) is 5.37. The molecule has 2 fully saturated rings. The number of nitrogens with one attached hydrogen (secondary N) is 1. The molecule has 1 saturated carbocycles. The number of hydrogen-bond donors (Lipinski definition) is 1. The minimum Gasteiger partial charge on any atom is -0.361 e. The first kappa shape index (κ1) is 12.2. The highest BCUT2D eigenvalue weighted by molar-refractivity contribution is 5.04. The molecule has 2 heterocycles. The molecule has 4 nitrogen and oxygen atoms in total. The number of nitrogens with zero attached hydrogens (tertiary/aromatic N) is 2. The quantitative estimate of drug-likeness (QED) is 0.866. The van der Waals surface area contributed by atoms with Gasteiger partial charge in [0.05, 0.1) is 5.69 Å². The molecule has 1 aliphatic heterocycles. The summed E-state index contributed by atoms with van der Waals surface area (Å²) in [5, 5.41) is 7.57. The topological polar surface area (TPSA) is 41.3 Å². The van der Waals surface area contributed by atoms with Crippen molar-refractivity contribution in [2.24, 2.45) is 5.92 Å². The Balaban J connectivity index is 1.57. The average molecular weight is 249 g/mol. The van der Waals surface area contributed by atoms with Gasteiger partial charge in [0.1, 0.15) is 5.76 Å². The Morgan fingerprint density at radius 2 is 2.11 bits per heavy atom. The first-order chi connectivity index (χ1) is 8.81. The van der Waals surface area contributed by atoms with Crippen molar-refractivity contribution in [2.45, 2.75) is 45.2 Å². The van der Waals surface area contributed by atoms with Gasteiger partial charge in [-0.1, -0.05) is 5.16 Å². The second kappa shape index (κ2) is 5.41. The lowest BCUT2D eigenvalue weighted by Crippen LogP contribution is -2.37. The summed E-state index contributed by atoms with van der Waals surface area (Å²) in [5.41, 5.74) is 1.09. The Morgan fingerprint density at radius 1 is 1.33 bits per heavy atom. The van der Waals surface area contributed by atoms with Crippen molar-refractivity contribution in [3.8, 4) is 0 Å². The molecule has 18 heavy (non-hydrogen) atoms. The van der Waals surface area contributed by atoms with Crippen molar-refractivity contribution in [1.82, 2.24) is 15.4 Å². The van der Waals surface area contributed by atoms with Crippen LogP contribution >= 0.6 is 0 Å². The largest absolute Gasteiger partial charge is 0.361 e. The molecule has 0 bridgehead atoms. The summed E-state index contributed by atoms with van der Waals surface area (Å²) in [7, 11) is 0. The predicted octanol–water partition coefficient (Wildman–Crippen LogP) is 1.95. The second-order valence-electron chi connectivity index (χ2n) is 5.78. The number of aromatic nitrogens is 1. The fourth-order valence-corrected chi connectivity index (χ4v) is 2.88. The molecule has 2 aliphatic rings. The Kier molecular flexibility index (Phi) is 3.66. The molecule has 0 atom stereocenters. The number of piperidine rings is 1. The van der Waals surface area contributed by atoms with Crippen LogP contribution in [-0.4, -0.2) is 35.7 Å². The zero-order valence-electron chi connectivity index (χ0n) is 11.2. The second-order valence-corrected chi connectivity index (χ2v) is 5.78. The summed E-state index contributed by atoms with van der Waals surface area (Å²) in [4.78, 5) is 2.62. The highest BCUT2D eigenvalue weighted by Gasteiger charge is 2.31. The van der Waals surface area contributed by atoms with Crippen LogP contribution in [0.15, 0.2) is 10.6 Å². The molecule has 1 aromatic rings. The molecule has 1 N–H and O–H groups in total. The van der Waals surface area contributed by atoms with E-state index in [2.05, 4.69) is 21.4 Å². The van der Waals surface area contributed by atoms with E-state index in [1.54, 1.807) is 0 Å². The first-order valence-corrected chi connectivity index (χ1v) is 7.18. The molecule has 0 unspecified atom stereocenters. The number of hydrogen-bond acceptors (Lipinski definition) is 4. The molecule has 0 aromatic carbocycles. The van der Waals surface area contributed by atoms with Crippen molar-refractivity contribution in [3.63, 3.8) is 0 Å². The van der Waals surface area contributed by atoms with Crippen LogP contribution in [0.1, 0.15) is 37.1 Å². The number of rotatable bonds is 5. The summed E-state index contributed by atoms with van der Waals surface area (Å²) in [6.45, 7) is 6.54. The predicted molar refractivity (Wildman–Crippen MR) is 70.3 cm³/mol. The normalized spacial score (nSPS) is 21.7. The van der Waals surface area contributed by atoms with Gasteiger partial charge in [0.2, 0.25) is 0 Å².